The Balaban J connectivity index is 1.55. The summed E-state index contributed by atoms with van der Waals surface area (Å²) >= 11 is 0. The molecule has 130 valence electrons. The first-order chi connectivity index (χ1) is 12.1. The highest BCUT2D eigenvalue weighted by atomic mass is 19.1. The van der Waals surface area contributed by atoms with Crippen molar-refractivity contribution in [2.75, 3.05) is 13.1 Å². The summed E-state index contributed by atoms with van der Waals surface area (Å²) in [6, 6.07) is 12.6. The van der Waals surface area contributed by atoms with E-state index in [-0.39, 0.29) is 31.8 Å². The van der Waals surface area contributed by atoms with Gasteiger partial charge in [-0.3, -0.25) is 14.6 Å². The molecule has 1 aliphatic rings. The van der Waals surface area contributed by atoms with Crippen molar-refractivity contribution in [3.05, 3.63) is 66.0 Å². The van der Waals surface area contributed by atoms with Gasteiger partial charge in [-0.1, -0.05) is 30.3 Å². The minimum absolute atomic E-state index is 0.00441. The van der Waals surface area contributed by atoms with Gasteiger partial charge in [0.2, 0.25) is 0 Å². The van der Waals surface area contributed by atoms with E-state index in [1.54, 1.807) is 29.4 Å². The number of aromatic nitrogens is 1. The van der Waals surface area contributed by atoms with Gasteiger partial charge in [-0.15, -0.1) is 0 Å². The SMILES string of the molecule is O=C(c1ccncc1)N1CCC(F)(C(=O)NCc2ccccc2)CC1. The fraction of sp³-hybridized carbons (Fsp3) is 0.316. The van der Waals surface area contributed by atoms with Crippen LogP contribution >= 0.6 is 0 Å². The molecular weight excluding hydrogens is 321 g/mol. The minimum atomic E-state index is -1.93. The molecule has 5 nitrogen and oxygen atoms in total. The lowest BCUT2D eigenvalue weighted by Crippen LogP contribution is -2.52. The monoisotopic (exact) mass is 341 g/mol. The van der Waals surface area contributed by atoms with E-state index >= 15 is 0 Å². The van der Waals surface area contributed by atoms with E-state index in [9.17, 15) is 14.0 Å². The zero-order valence-corrected chi connectivity index (χ0v) is 13.8. The third kappa shape index (κ3) is 4.02. The van der Waals surface area contributed by atoms with Crippen molar-refractivity contribution >= 4 is 11.8 Å². The number of carbonyl (C=O) groups is 2. The number of hydrogen-bond donors (Lipinski definition) is 1. The summed E-state index contributed by atoms with van der Waals surface area (Å²) in [6.45, 7) is 0.734. The number of halogens is 1. The van der Waals surface area contributed by atoms with Crippen molar-refractivity contribution in [1.29, 1.82) is 0 Å². The zero-order valence-electron chi connectivity index (χ0n) is 13.8. The maximum atomic E-state index is 14.9. The number of rotatable bonds is 4. The second kappa shape index (κ2) is 7.42. The molecule has 0 aliphatic carbocycles. The van der Waals surface area contributed by atoms with Gasteiger partial charge >= 0.3 is 0 Å². The molecule has 25 heavy (non-hydrogen) atoms. The van der Waals surface area contributed by atoms with Gasteiger partial charge in [0.25, 0.3) is 11.8 Å². The second-order valence-corrected chi connectivity index (χ2v) is 6.16. The summed E-state index contributed by atoms with van der Waals surface area (Å²) in [4.78, 5) is 30.1. The summed E-state index contributed by atoms with van der Waals surface area (Å²) in [5.41, 5.74) is -0.483. The molecule has 6 heteroatoms. The molecule has 0 unspecified atom stereocenters. The highest BCUT2D eigenvalue weighted by molar-refractivity contribution is 5.94. The van der Waals surface area contributed by atoms with E-state index in [1.807, 2.05) is 30.3 Å². The van der Waals surface area contributed by atoms with Crippen LogP contribution < -0.4 is 5.32 Å². The average molecular weight is 341 g/mol. The van der Waals surface area contributed by atoms with Gasteiger partial charge in [-0.25, -0.2) is 4.39 Å². The Bertz CT molecular complexity index is 729. The number of hydrogen-bond acceptors (Lipinski definition) is 3. The van der Waals surface area contributed by atoms with Crippen LogP contribution in [0.5, 0.6) is 0 Å². The van der Waals surface area contributed by atoms with Crippen molar-refractivity contribution in [2.45, 2.75) is 25.1 Å². The van der Waals surface area contributed by atoms with Gasteiger partial charge in [0, 0.05) is 50.4 Å². The largest absolute Gasteiger partial charge is 0.349 e. The van der Waals surface area contributed by atoms with Crippen molar-refractivity contribution in [3.63, 3.8) is 0 Å². The fourth-order valence-corrected chi connectivity index (χ4v) is 2.90. The first-order valence-corrected chi connectivity index (χ1v) is 8.29. The standard InChI is InChI=1S/C19H20FN3O2/c20-19(18(25)22-14-15-4-2-1-3-5-15)8-12-23(13-9-19)17(24)16-6-10-21-11-7-16/h1-7,10-11H,8-9,12-14H2,(H,22,25). The topological polar surface area (TPSA) is 62.3 Å². The fourth-order valence-electron chi connectivity index (χ4n) is 2.90. The minimum Gasteiger partial charge on any atom is -0.349 e. The Kier molecular flexibility index (Phi) is 5.07. The van der Waals surface area contributed by atoms with Gasteiger partial charge < -0.3 is 10.2 Å². The summed E-state index contributed by atoms with van der Waals surface area (Å²) in [7, 11) is 0. The van der Waals surface area contributed by atoms with Crippen molar-refractivity contribution in [3.8, 4) is 0 Å². The maximum Gasteiger partial charge on any atom is 0.258 e. The highest BCUT2D eigenvalue weighted by Gasteiger charge is 2.42. The molecule has 2 amide bonds. The highest BCUT2D eigenvalue weighted by Crippen LogP contribution is 2.27. The van der Waals surface area contributed by atoms with Crippen molar-refractivity contribution in [1.82, 2.24) is 15.2 Å². The molecule has 1 N–H and O–H groups in total. The van der Waals surface area contributed by atoms with E-state index < -0.39 is 11.6 Å². The van der Waals surface area contributed by atoms with Gasteiger partial charge in [-0.2, -0.15) is 0 Å². The average Bonchev–Trinajstić information content (AvgIpc) is 2.67. The Labute approximate surface area is 145 Å². The number of amides is 2. The van der Waals surface area contributed by atoms with Crippen LogP contribution in [0, 0.1) is 0 Å². The van der Waals surface area contributed by atoms with Crippen LogP contribution in [0.25, 0.3) is 0 Å². The Morgan fingerprint density at radius 2 is 1.72 bits per heavy atom. The predicted molar refractivity (Wildman–Crippen MR) is 91.5 cm³/mol. The van der Waals surface area contributed by atoms with Crippen LogP contribution in [0.4, 0.5) is 4.39 Å². The molecular formula is C19H20FN3O2. The molecule has 1 aromatic heterocycles. The van der Waals surface area contributed by atoms with Crippen LogP contribution in [0.2, 0.25) is 0 Å². The summed E-state index contributed by atoms with van der Waals surface area (Å²) < 4.78 is 14.9. The van der Waals surface area contributed by atoms with E-state index in [0.29, 0.717) is 12.1 Å². The van der Waals surface area contributed by atoms with E-state index in [2.05, 4.69) is 10.3 Å². The van der Waals surface area contributed by atoms with Crippen LogP contribution in [-0.4, -0.2) is 40.5 Å². The summed E-state index contributed by atoms with van der Waals surface area (Å²) in [5, 5.41) is 2.66. The molecule has 1 fully saturated rings. The molecule has 0 atom stereocenters. The number of piperidine rings is 1. The molecule has 2 heterocycles. The number of carbonyl (C=O) groups excluding carboxylic acids is 2. The number of benzene rings is 1. The molecule has 3 rings (SSSR count). The molecule has 0 bridgehead atoms. The summed E-state index contributed by atoms with van der Waals surface area (Å²) in [5.74, 6) is -0.762. The number of pyridine rings is 1. The van der Waals surface area contributed by atoms with Crippen molar-refractivity contribution in [2.24, 2.45) is 0 Å². The van der Waals surface area contributed by atoms with Gasteiger partial charge in [0.1, 0.15) is 0 Å². The van der Waals surface area contributed by atoms with Gasteiger partial charge in [0.05, 0.1) is 0 Å². The second-order valence-electron chi connectivity index (χ2n) is 6.16. The predicted octanol–water partition coefficient (Wildman–Crippen LogP) is 2.34. The quantitative estimate of drug-likeness (QED) is 0.928. The smallest absolute Gasteiger partial charge is 0.258 e. The molecule has 1 saturated heterocycles. The molecule has 0 saturated carbocycles. The van der Waals surface area contributed by atoms with Gasteiger partial charge in [0.15, 0.2) is 5.67 Å². The third-order valence-electron chi connectivity index (χ3n) is 4.47. The maximum absolute atomic E-state index is 14.9. The number of likely N-dealkylation sites (tertiary alicyclic amines) is 1. The van der Waals surface area contributed by atoms with Crippen molar-refractivity contribution < 1.29 is 14.0 Å². The molecule has 2 aromatic rings. The summed E-state index contributed by atoms with van der Waals surface area (Å²) in [6.07, 6.45) is 3.11. The number of alkyl halides is 1. The van der Waals surface area contributed by atoms with Crippen LogP contribution in [-0.2, 0) is 11.3 Å². The Morgan fingerprint density at radius 3 is 2.36 bits per heavy atom. The van der Waals surface area contributed by atoms with Crippen LogP contribution in [0.3, 0.4) is 0 Å². The van der Waals surface area contributed by atoms with E-state index in [4.69, 9.17) is 0 Å². The molecule has 0 radical (unpaired) electrons. The lowest BCUT2D eigenvalue weighted by molar-refractivity contribution is -0.135. The van der Waals surface area contributed by atoms with E-state index in [0.717, 1.165) is 5.56 Å². The van der Waals surface area contributed by atoms with Gasteiger partial charge in [-0.05, 0) is 17.7 Å². The first-order valence-electron chi connectivity index (χ1n) is 8.29. The van der Waals surface area contributed by atoms with Crippen LogP contribution in [0.1, 0.15) is 28.8 Å². The lowest BCUT2D eigenvalue weighted by atomic mass is 9.92. The van der Waals surface area contributed by atoms with Crippen LogP contribution in [0.15, 0.2) is 54.9 Å². The Hall–Kier alpha value is -2.76. The van der Waals surface area contributed by atoms with E-state index in [1.165, 1.54) is 0 Å². The normalized spacial score (nSPS) is 16.3. The zero-order chi connectivity index (χ0) is 17.7. The Morgan fingerprint density at radius 1 is 1.08 bits per heavy atom. The number of nitrogens with one attached hydrogen (secondary N) is 1. The number of nitrogens with zero attached hydrogens (tertiary/aromatic N) is 2. The first kappa shape index (κ1) is 17.1. The molecule has 0 spiro atoms. The third-order valence-corrected chi connectivity index (χ3v) is 4.47. The molecule has 1 aromatic carbocycles. The lowest BCUT2D eigenvalue weighted by Gasteiger charge is -2.35. The molecule has 1 aliphatic heterocycles.